The van der Waals surface area contributed by atoms with Crippen molar-refractivity contribution in [2.45, 2.75) is 83.0 Å². The third-order valence-corrected chi connectivity index (χ3v) is 6.16. The van der Waals surface area contributed by atoms with Crippen molar-refractivity contribution in [2.24, 2.45) is 5.92 Å². The van der Waals surface area contributed by atoms with Crippen molar-refractivity contribution in [3.63, 3.8) is 0 Å². The van der Waals surface area contributed by atoms with Gasteiger partial charge in [-0.05, 0) is 69.9 Å². The summed E-state index contributed by atoms with van der Waals surface area (Å²) < 4.78 is 99.5. The van der Waals surface area contributed by atoms with Gasteiger partial charge < -0.3 is 14.2 Å². The molecular weight excluding hydrogens is 426 g/mol. The second kappa shape index (κ2) is 9.67. The predicted octanol–water partition coefficient (Wildman–Crippen LogP) is 6.36. The zero-order valence-electron chi connectivity index (χ0n) is 17.6. The molecule has 0 bridgehead atoms. The lowest BCUT2D eigenvalue weighted by Crippen LogP contribution is -2.39. The smallest absolute Gasteiger partial charge is 0.376 e. The van der Waals surface area contributed by atoms with Crippen molar-refractivity contribution in [1.82, 2.24) is 0 Å². The van der Waals surface area contributed by atoms with Crippen LogP contribution in [0.2, 0.25) is 0 Å². The Morgan fingerprint density at radius 3 is 2.16 bits per heavy atom. The second-order valence-electron chi connectivity index (χ2n) is 8.31. The molecule has 2 aliphatic rings. The highest BCUT2D eigenvalue weighted by Crippen LogP contribution is 2.44. The van der Waals surface area contributed by atoms with E-state index in [4.69, 9.17) is 14.2 Å². The van der Waals surface area contributed by atoms with Crippen LogP contribution in [-0.4, -0.2) is 31.5 Å². The minimum atomic E-state index is -5.26. The molecular formula is C22H28F6O3. The molecule has 1 saturated heterocycles. The van der Waals surface area contributed by atoms with Gasteiger partial charge in [0.05, 0.1) is 30.5 Å². The molecule has 1 heterocycles. The van der Waals surface area contributed by atoms with Gasteiger partial charge in [-0.25, -0.2) is 4.39 Å². The maximum atomic E-state index is 14.7. The van der Waals surface area contributed by atoms with Crippen molar-refractivity contribution in [3.8, 4) is 0 Å². The molecule has 176 valence electrons. The number of rotatable bonds is 6. The molecule has 0 amide bonds. The molecule has 1 aromatic carbocycles. The fourth-order valence-corrected chi connectivity index (χ4v) is 4.54. The van der Waals surface area contributed by atoms with Crippen LogP contribution in [0.4, 0.5) is 26.3 Å². The van der Waals surface area contributed by atoms with E-state index >= 15 is 0 Å². The lowest BCUT2D eigenvalue weighted by molar-refractivity contribution is -0.282. The predicted molar refractivity (Wildman–Crippen MR) is 101 cm³/mol. The van der Waals surface area contributed by atoms with Crippen LogP contribution >= 0.6 is 0 Å². The van der Waals surface area contributed by atoms with Crippen LogP contribution in [-0.2, 0) is 26.5 Å². The van der Waals surface area contributed by atoms with Gasteiger partial charge in [0.25, 0.3) is 0 Å². The van der Waals surface area contributed by atoms with Crippen LogP contribution in [0.3, 0.4) is 0 Å². The summed E-state index contributed by atoms with van der Waals surface area (Å²) in [5, 5.41) is 0. The highest BCUT2D eigenvalue weighted by atomic mass is 19.4. The van der Waals surface area contributed by atoms with Crippen LogP contribution < -0.4 is 0 Å². The van der Waals surface area contributed by atoms with E-state index in [1.54, 1.807) is 0 Å². The second-order valence-corrected chi connectivity index (χ2v) is 8.31. The summed E-state index contributed by atoms with van der Waals surface area (Å²) >= 11 is 0. The molecule has 1 aliphatic carbocycles. The van der Waals surface area contributed by atoms with Crippen molar-refractivity contribution < 1.29 is 40.6 Å². The monoisotopic (exact) mass is 454 g/mol. The highest BCUT2D eigenvalue weighted by molar-refractivity contribution is 5.37. The average molecular weight is 454 g/mol. The van der Waals surface area contributed by atoms with Gasteiger partial charge in [0.1, 0.15) is 11.4 Å². The summed E-state index contributed by atoms with van der Waals surface area (Å²) in [6.07, 6.45) is -6.86. The summed E-state index contributed by atoms with van der Waals surface area (Å²) in [5.41, 5.74) is -3.81. The molecule has 0 aromatic heterocycles. The number of benzene rings is 1. The Bertz CT molecular complexity index is 735. The zero-order valence-corrected chi connectivity index (χ0v) is 17.6. The van der Waals surface area contributed by atoms with Crippen LogP contribution in [0.1, 0.15) is 62.1 Å². The summed E-state index contributed by atoms with van der Waals surface area (Å²) in [6, 6.07) is 1.50. The fourth-order valence-electron chi connectivity index (χ4n) is 4.54. The molecule has 31 heavy (non-hydrogen) atoms. The lowest BCUT2D eigenvalue weighted by atomic mass is 9.81. The van der Waals surface area contributed by atoms with E-state index in [9.17, 15) is 26.3 Å². The highest BCUT2D eigenvalue weighted by Gasteiger charge is 2.48. The Kier molecular flexibility index (Phi) is 7.58. The number of ether oxygens (including phenoxy) is 3. The number of hydrogen-bond acceptors (Lipinski definition) is 3. The first kappa shape index (κ1) is 24.3. The van der Waals surface area contributed by atoms with E-state index in [0.29, 0.717) is 32.1 Å². The molecule has 9 heteroatoms. The maximum absolute atomic E-state index is 14.7. The average Bonchev–Trinajstić information content (AvgIpc) is 2.70. The van der Waals surface area contributed by atoms with Crippen LogP contribution in [0.5, 0.6) is 0 Å². The molecule has 2 atom stereocenters. The molecule has 2 fully saturated rings. The van der Waals surface area contributed by atoms with Crippen molar-refractivity contribution in [1.29, 1.82) is 0 Å². The number of aryl methyl sites for hydroxylation is 1. The van der Waals surface area contributed by atoms with Crippen LogP contribution in [0.15, 0.2) is 12.1 Å². The molecule has 1 aromatic rings. The van der Waals surface area contributed by atoms with E-state index in [1.807, 2.05) is 6.92 Å². The Morgan fingerprint density at radius 2 is 1.61 bits per heavy atom. The van der Waals surface area contributed by atoms with Crippen LogP contribution in [0.25, 0.3) is 0 Å². The van der Waals surface area contributed by atoms with Gasteiger partial charge in [0, 0.05) is 6.61 Å². The normalized spacial score (nSPS) is 28.0. The summed E-state index contributed by atoms with van der Waals surface area (Å²) in [5.74, 6) is -1.50. The molecule has 0 radical (unpaired) electrons. The number of hydrogen-bond donors (Lipinski definition) is 0. The summed E-state index contributed by atoms with van der Waals surface area (Å²) in [4.78, 5) is 0. The molecule has 0 spiro atoms. The number of alkyl halides is 5. The number of halogens is 6. The van der Waals surface area contributed by atoms with E-state index in [1.165, 1.54) is 0 Å². The van der Waals surface area contributed by atoms with Gasteiger partial charge in [-0.2, -0.15) is 22.0 Å². The molecule has 2 unspecified atom stereocenters. The van der Waals surface area contributed by atoms with Crippen LogP contribution in [0, 0.1) is 18.7 Å². The zero-order chi connectivity index (χ0) is 22.8. The molecule has 1 aliphatic heterocycles. The van der Waals surface area contributed by atoms with Gasteiger partial charge >= 0.3 is 12.3 Å². The Morgan fingerprint density at radius 1 is 0.968 bits per heavy atom. The Hall–Kier alpha value is -1.32. The van der Waals surface area contributed by atoms with Crippen molar-refractivity contribution >= 4 is 0 Å². The molecule has 3 rings (SSSR count). The first-order valence-corrected chi connectivity index (χ1v) is 10.7. The fraction of sp³-hybridized carbons (Fsp3) is 0.727. The summed E-state index contributed by atoms with van der Waals surface area (Å²) in [6.45, 7) is 4.15. The van der Waals surface area contributed by atoms with Crippen molar-refractivity contribution in [2.75, 3.05) is 13.2 Å². The standard InChI is InChI=1S/C22H28F6O3/c1-3-29-16-9-11-18(30-12-16)14-5-7-15(8-6-14)31-22(27,28)17-10-4-13(2)20(23)19(17)21(24,25)26/h4,10,14-16,18H,3,5-9,11-12H2,1-2H3. The minimum absolute atomic E-state index is 0.0289. The van der Waals surface area contributed by atoms with Gasteiger partial charge in [0.15, 0.2) is 0 Å². The maximum Gasteiger partial charge on any atom is 0.419 e. The molecule has 1 saturated carbocycles. The largest absolute Gasteiger partial charge is 0.419 e. The van der Waals surface area contributed by atoms with E-state index < -0.39 is 35.3 Å². The van der Waals surface area contributed by atoms with E-state index in [2.05, 4.69) is 0 Å². The van der Waals surface area contributed by atoms with Gasteiger partial charge in [-0.3, -0.25) is 0 Å². The third kappa shape index (κ3) is 5.73. The summed E-state index contributed by atoms with van der Waals surface area (Å²) in [7, 11) is 0. The van der Waals surface area contributed by atoms with E-state index in [-0.39, 0.29) is 36.5 Å². The van der Waals surface area contributed by atoms with E-state index in [0.717, 1.165) is 25.8 Å². The topological polar surface area (TPSA) is 27.7 Å². The molecule has 0 N–H and O–H groups in total. The Balaban J connectivity index is 1.61. The van der Waals surface area contributed by atoms with Gasteiger partial charge in [-0.1, -0.05) is 6.07 Å². The van der Waals surface area contributed by atoms with Gasteiger partial charge in [-0.15, -0.1) is 0 Å². The minimum Gasteiger partial charge on any atom is -0.376 e. The van der Waals surface area contributed by atoms with Crippen molar-refractivity contribution in [3.05, 3.63) is 34.6 Å². The third-order valence-electron chi connectivity index (χ3n) is 6.16. The quantitative estimate of drug-likeness (QED) is 0.468. The first-order valence-electron chi connectivity index (χ1n) is 10.7. The SMILES string of the molecule is CCOC1CCC(C2CCC(OC(F)(F)c3ccc(C)c(F)c3C(F)(F)F)CC2)OC1. The first-order chi connectivity index (χ1) is 14.5. The van der Waals surface area contributed by atoms with Gasteiger partial charge in [0.2, 0.25) is 0 Å². The lowest BCUT2D eigenvalue weighted by Gasteiger charge is -2.38. The Labute approximate surface area is 178 Å². The molecule has 3 nitrogen and oxygen atoms in total.